The fraction of sp³-hybridized carbons (Fsp3) is 0.324. The Kier molecular flexibility index (Phi) is 8.57. The molecule has 2 N–H and O–H groups in total. The lowest BCUT2D eigenvalue weighted by Gasteiger charge is -2.36. The summed E-state index contributed by atoms with van der Waals surface area (Å²) in [5.74, 6) is 0.603. The van der Waals surface area contributed by atoms with Gasteiger partial charge in [0.05, 0.1) is 11.1 Å². The number of pyridine rings is 1. The molecular weight excluding hydrogens is 558 g/mol. The van der Waals surface area contributed by atoms with Crippen molar-refractivity contribution in [1.29, 1.82) is 0 Å². The highest BCUT2D eigenvalue weighted by Crippen LogP contribution is 2.37. The van der Waals surface area contributed by atoms with Crippen LogP contribution < -0.4 is 20.1 Å². The van der Waals surface area contributed by atoms with Crippen LogP contribution in [-0.2, 0) is 10.8 Å². The van der Waals surface area contributed by atoms with E-state index in [-0.39, 0.29) is 16.9 Å². The number of carbonyl (C=O) groups is 2. The lowest BCUT2D eigenvalue weighted by Crippen LogP contribution is -2.41. The predicted octanol–water partition coefficient (Wildman–Crippen LogP) is 7.38. The van der Waals surface area contributed by atoms with Gasteiger partial charge in [-0.2, -0.15) is 0 Å². The minimum atomic E-state index is -1.86. The Labute approximate surface area is 253 Å². The van der Waals surface area contributed by atoms with Crippen LogP contribution in [0, 0.1) is 6.92 Å². The SMILES string of the molecule is Cc1ccc(NC(=O)c2ccc3c(c2)OCCO3)cc1NC(=O)c1cnc2cccc(CCO[Si](C)(C)C(C)(C)C)c2c1. The number of hydrogen-bond donors (Lipinski definition) is 2. The molecule has 0 radical (unpaired) electrons. The lowest BCUT2D eigenvalue weighted by atomic mass is 10.0. The third kappa shape index (κ3) is 6.89. The summed E-state index contributed by atoms with van der Waals surface area (Å²) in [6, 6.07) is 18.4. The van der Waals surface area contributed by atoms with Crippen LogP contribution in [0.4, 0.5) is 11.4 Å². The average Bonchev–Trinajstić information content (AvgIpc) is 2.97. The van der Waals surface area contributed by atoms with Crippen molar-refractivity contribution in [3.05, 3.63) is 89.1 Å². The number of amides is 2. The summed E-state index contributed by atoms with van der Waals surface area (Å²) in [6.45, 7) is 14.7. The van der Waals surface area contributed by atoms with Crippen LogP contribution in [0.3, 0.4) is 0 Å². The number of fused-ring (bicyclic) bond motifs is 2. The van der Waals surface area contributed by atoms with Gasteiger partial charge in [0.2, 0.25) is 0 Å². The van der Waals surface area contributed by atoms with Crippen molar-refractivity contribution in [2.45, 2.75) is 52.2 Å². The molecule has 3 aromatic carbocycles. The summed E-state index contributed by atoms with van der Waals surface area (Å²) in [4.78, 5) is 30.9. The van der Waals surface area contributed by atoms with Gasteiger partial charge in [-0.25, -0.2) is 0 Å². The smallest absolute Gasteiger partial charge is 0.257 e. The Balaban J connectivity index is 1.29. The molecule has 1 aromatic heterocycles. The number of benzene rings is 3. The zero-order valence-corrected chi connectivity index (χ0v) is 26.7. The highest BCUT2D eigenvalue weighted by Gasteiger charge is 2.36. The van der Waals surface area contributed by atoms with Crippen molar-refractivity contribution in [1.82, 2.24) is 4.98 Å². The van der Waals surface area contributed by atoms with E-state index in [4.69, 9.17) is 13.9 Å². The van der Waals surface area contributed by atoms with Crippen LogP contribution in [0.15, 0.2) is 66.9 Å². The first-order valence-electron chi connectivity index (χ1n) is 14.6. The molecule has 2 heterocycles. The highest BCUT2D eigenvalue weighted by atomic mass is 28.4. The maximum Gasteiger partial charge on any atom is 0.257 e. The van der Waals surface area contributed by atoms with E-state index in [0.717, 1.165) is 28.5 Å². The molecular formula is C34H39N3O5Si. The summed E-state index contributed by atoms with van der Waals surface area (Å²) in [5, 5.41) is 6.98. The van der Waals surface area contributed by atoms with Crippen LogP contribution in [0.25, 0.3) is 10.9 Å². The Morgan fingerprint density at radius 3 is 2.42 bits per heavy atom. The molecule has 0 saturated carbocycles. The van der Waals surface area contributed by atoms with Crippen LogP contribution >= 0.6 is 0 Å². The Hall–Kier alpha value is -4.21. The molecule has 0 aliphatic carbocycles. The fourth-order valence-electron chi connectivity index (χ4n) is 4.60. The molecule has 0 fully saturated rings. The molecule has 0 atom stereocenters. The molecule has 2 amide bonds. The molecule has 0 spiro atoms. The monoisotopic (exact) mass is 597 g/mol. The van der Waals surface area contributed by atoms with E-state index in [2.05, 4.69) is 55.5 Å². The number of ether oxygens (including phenoxy) is 2. The van der Waals surface area contributed by atoms with E-state index in [0.29, 0.717) is 53.8 Å². The summed E-state index contributed by atoms with van der Waals surface area (Å²) >= 11 is 0. The standard InChI is InChI=1S/C34H39N3O5Si/c1-22-10-12-26(36-32(38)24-11-13-30-31(19-24)41-17-16-40-30)20-29(22)37-33(39)25-18-27-23(8-7-9-28(27)35-21-25)14-15-42-43(5,6)34(2,3)4/h7-13,18-21H,14-17H2,1-6H3,(H,36,38)(H,37,39). The molecule has 224 valence electrons. The van der Waals surface area contributed by atoms with E-state index in [1.165, 1.54) is 0 Å². The van der Waals surface area contributed by atoms with Crippen molar-refractivity contribution < 1.29 is 23.5 Å². The normalized spacial score (nSPS) is 13.1. The van der Waals surface area contributed by atoms with E-state index in [1.54, 1.807) is 36.5 Å². The minimum Gasteiger partial charge on any atom is -0.486 e. The molecule has 9 heteroatoms. The van der Waals surface area contributed by atoms with Crippen LogP contribution in [-0.4, -0.2) is 44.9 Å². The molecule has 8 nitrogen and oxygen atoms in total. The maximum atomic E-state index is 13.4. The molecule has 4 aromatic rings. The third-order valence-electron chi connectivity index (χ3n) is 8.27. The van der Waals surface area contributed by atoms with Crippen LogP contribution in [0.1, 0.15) is 52.6 Å². The Morgan fingerprint density at radius 1 is 0.907 bits per heavy atom. The average molecular weight is 598 g/mol. The van der Waals surface area contributed by atoms with Gasteiger partial charge in [-0.3, -0.25) is 14.6 Å². The maximum absolute atomic E-state index is 13.4. The van der Waals surface area contributed by atoms with Gasteiger partial charge >= 0.3 is 0 Å². The Morgan fingerprint density at radius 2 is 1.65 bits per heavy atom. The summed E-state index contributed by atoms with van der Waals surface area (Å²) in [6.07, 6.45) is 2.33. The molecule has 1 aliphatic heterocycles. The molecule has 1 aliphatic rings. The number of aryl methyl sites for hydroxylation is 1. The van der Waals surface area contributed by atoms with Crippen molar-refractivity contribution in [3.63, 3.8) is 0 Å². The second-order valence-corrected chi connectivity index (χ2v) is 17.2. The Bertz CT molecular complexity index is 1680. The van der Waals surface area contributed by atoms with E-state index < -0.39 is 8.32 Å². The van der Waals surface area contributed by atoms with E-state index in [1.807, 2.05) is 31.2 Å². The van der Waals surface area contributed by atoms with Gasteiger partial charge in [-0.05, 0) is 85.1 Å². The summed E-state index contributed by atoms with van der Waals surface area (Å²) in [5.41, 5.74) is 4.85. The zero-order chi connectivity index (χ0) is 30.8. The molecule has 0 saturated heterocycles. The number of hydrogen-bond acceptors (Lipinski definition) is 6. The van der Waals surface area contributed by atoms with E-state index in [9.17, 15) is 9.59 Å². The largest absolute Gasteiger partial charge is 0.486 e. The van der Waals surface area contributed by atoms with Gasteiger partial charge < -0.3 is 24.5 Å². The first kappa shape index (κ1) is 30.3. The number of aromatic nitrogens is 1. The minimum absolute atomic E-state index is 0.141. The topological polar surface area (TPSA) is 98.8 Å². The van der Waals surface area contributed by atoms with Crippen LogP contribution in [0.2, 0.25) is 18.1 Å². The fourth-order valence-corrected chi connectivity index (χ4v) is 5.65. The summed E-state index contributed by atoms with van der Waals surface area (Å²) < 4.78 is 17.6. The van der Waals surface area contributed by atoms with Crippen LogP contribution in [0.5, 0.6) is 11.5 Å². The van der Waals surface area contributed by atoms with Gasteiger partial charge in [0.25, 0.3) is 11.8 Å². The predicted molar refractivity (Wildman–Crippen MR) is 173 cm³/mol. The first-order chi connectivity index (χ1) is 20.4. The number of carbonyl (C=O) groups excluding carboxylic acids is 2. The number of nitrogens with zero attached hydrogens (tertiary/aromatic N) is 1. The number of nitrogens with one attached hydrogen (secondary N) is 2. The van der Waals surface area contributed by atoms with Crippen molar-refractivity contribution in [2.75, 3.05) is 30.5 Å². The molecule has 0 unspecified atom stereocenters. The van der Waals surface area contributed by atoms with Crippen molar-refractivity contribution in [2.24, 2.45) is 0 Å². The molecule has 43 heavy (non-hydrogen) atoms. The lowest BCUT2D eigenvalue weighted by molar-refractivity contribution is 0.101. The number of rotatable bonds is 8. The summed E-state index contributed by atoms with van der Waals surface area (Å²) in [7, 11) is -1.86. The van der Waals surface area contributed by atoms with Gasteiger partial charge in [-0.15, -0.1) is 0 Å². The van der Waals surface area contributed by atoms with Crippen molar-refractivity contribution in [3.8, 4) is 11.5 Å². The first-order valence-corrected chi connectivity index (χ1v) is 17.5. The number of anilines is 2. The quantitative estimate of drug-likeness (QED) is 0.206. The second kappa shape index (κ2) is 12.2. The van der Waals surface area contributed by atoms with E-state index >= 15 is 0 Å². The third-order valence-corrected chi connectivity index (χ3v) is 12.8. The van der Waals surface area contributed by atoms with Gasteiger partial charge in [0.1, 0.15) is 13.2 Å². The van der Waals surface area contributed by atoms with Gasteiger partial charge in [0, 0.05) is 35.1 Å². The van der Waals surface area contributed by atoms with Gasteiger partial charge in [0.15, 0.2) is 19.8 Å². The zero-order valence-electron chi connectivity index (χ0n) is 25.7. The second-order valence-electron chi connectivity index (χ2n) is 12.4. The highest BCUT2D eigenvalue weighted by molar-refractivity contribution is 6.74. The molecule has 5 rings (SSSR count). The molecule has 0 bridgehead atoms. The van der Waals surface area contributed by atoms with Gasteiger partial charge in [-0.1, -0.05) is 39.0 Å². The van der Waals surface area contributed by atoms with Crippen molar-refractivity contribution >= 4 is 42.4 Å².